The summed E-state index contributed by atoms with van der Waals surface area (Å²) in [5.74, 6) is -1.51. The van der Waals surface area contributed by atoms with Crippen LogP contribution in [0.2, 0.25) is 0 Å². The van der Waals surface area contributed by atoms with Crippen molar-refractivity contribution in [2.75, 3.05) is 13.2 Å². The van der Waals surface area contributed by atoms with Crippen molar-refractivity contribution >= 4 is 27.6 Å². The monoisotopic (exact) mass is 1030 g/mol. The van der Waals surface area contributed by atoms with Crippen molar-refractivity contribution in [1.82, 2.24) is 0 Å². The predicted molar refractivity (Wildman–Crippen MR) is 270 cm³/mol. The van der Waals surface area contributed by atoms with E-state index in [4.69, 9.17) is 18.5 Å². The zero-order valence-corrected chi connectivity index (χ0v) is 43.1. The number of hydrogen-bond acceptors (Lipinski definition) is 14. The van der Waals surface area contributed by atoms with Gasteiger partial charge in [0.1, 0.15) is 43.2 Å². The first kappa shape index (κ1) is 64.9. The molecule has 0 spiro atoms. The zero-order valence-electron chi connectivity index (χ0n) is 41.3. The van der Waals surface area contributed by atoms with Gasteiger partial charge in [0.25, 0.3) is 0 Å². The smallest absolute Gasteiger partial charge is 0.462 e. The highest BCUT2D eigenvalue weighted by molar-refractivity contribution is 7.47. The summed E-state index contributed by atoms with van der Waals surface area (Å²) in [7, 11) is -10.8. The molecule has 9 atom stereocenters. The van der Waals surface area contributed by atoms with Crippen LogP contribution in [0.3, 0.4) is 0 Å². The predicted octanol–water partition coefficient (Wildman–Crippen LogP) is 8.92. The number of carbonyl (C=O) groups excluding carboxylic acids is 2. The number of ether oxygens (including phenoxy) is 2. The molecular weight excluding hydrogens is 946 g/mol. The van der Waals surface area contributed by atoms with Crippen molar-refractivity contribution < 1.29 is 82.0 Å². The van der Waals surface area contributed by atoms with E-state index in [1.807, 2.05) is 12.2 Å². The molecule has 0 aromatic rings. The summed E-state index contributed by atoms with van der Waals surface area (Å²) in [4.78, 5) is 54.4. The van der Waals surface area contributed by atoms with E-state index in [1.54, 1.807) is 12.2 Å². The number of allylic oxidation sites excluding steroid dienone is 15. The third-order valence-electron chi connectivity index (χ3n) is 10.8. The molecule has 0 saturated heterocycles. The second-order valence-corrected chi connectivity index (χ2v) is 19.6. The Balaban J connectivity index is 2.68. The average Bonchev–Trinajstić information content (AvgIpc) is 3.31. The maximum Gasteiger partial charge on any atom is 0.472 e. The molecule has 1 rings (SSSR count). The molecule has 70 heavy (non-hydrogen) atoms. The van der Waals surface area contributed by atoms with Gasteiger partial charge in [-0.2, -0.15) is 0 Å². The Morgan fingerprint density at radius 2 is 1.04 bits per heavy atom. The maximum atomic E-state index is 13.0. The van der Waals surface area contributed by atoms with Gasteiger partial charge in [0.15, 0.2) is 6.10 Å². The number of hydrogen-bond donors (Lipinski definition) is 8. The molecule has 0 heterocycles. The maximum absolute atomic E-state index is 13.0. The Kier molecular flexibility index (Phi) is 37.4. The fraction of sp³-hybridized carbons (Fsp3) is 0.647. The van der Waals surface area contributed by atoms with Crippen LogP contribution in [-0.2, 0) is 41.8 Å². The van der Waals surface area contributed by atoms with E-state index in [1.165, 1.54) is 25.3 Å². The SMILES string of the molecule is CC/C=C\C/C=C\C/C=C\C/C=C\C/C=C\C=C/C(O)CCC(=O)OC[C@H](COP(=O)(O)O[C@H]1C(O)C(O)C(O)[C@@H](OP(=O)(O)O)C1O)OC(=O)CCCCCCCCC/C=C\C/C=C\CCCCC. The summed E-state index contributed by atoms with van der Waals surface area (Å²) in [6, 6.07) is 0. The van der Waals surface area contributed by atoms with Crippen molar-refractivity contribution in [2.24, 2.45) is 0 Å². The minimum atomic E-state index is -5.39. The summed E-state index contributed by atoms with van der Waals surface area (Å²) in [5.41, 5.74) is 0. The third kappa shape index (κ3) is 34.3. The summed E-state index contributed by atoms with van der Waals surface area (Å²) >= 11 is 0. The van der Waals surface area contributed by atoms with Crippen LogP contribution in [0.4, 0.5) is 0 Å². The minimum absolute atomic E-state index is 0.00579. The first-order valence-electron chi connectivity index (χ1n) is 24.9. The van der Waals surface area contributed by atoms with Gasteiger partial charge in [-0.15, -0.1) is 0 Å². The van der Waals surface area contributed by atoms with Crippen molar-refractivity contribution in [3.8, 4) is 0 Å². The third-order valence-corrected chi connectivity index (χ3v) is 12.3. The van der Waals surface area contributed by atoms with E-state index in [-0.39, 0.29) is 19.3 Å². The molecule has 400 valence electrons. The highest BCUT2D eigenvalue weighted by Gasteiger charge is 2.54. The Morgan fingerprint density at radius 1 is 0.543 bits per heavy atom. The molecule has 1 aliphatic carbocycles. The standard InChI is InChI=1S/C51H84O17P2/c1-3-5-7-9-11-13-15-17-19-21-23-25-27-29-31-33-35-37-45(54)66-43(41-65-70(62,63)68-51-48(57)46(55)47(56)50(49(51)58)67-69(59,60)61)40-64-44(53)39-38-42(52)36-34-32-30-28-26-24-22-20-18-16-14-12-10-8-6-4-2/h6,8,11-14,17-20,24,26,30,32,34,36,42-43,46-52,55-58H,3-5,7,9-10,15-16,21-23,25,27-29,31,33,35,37-41H2,1-2H3,(H,62,63)(H2,59,60,61)/b8-6-,13-11-,14-12-,19-17-,20-18-,26-24-,32-30-,36-34-/t42?,43-,46?,47?,48?,49?,50-,51+/m1/s1. The molecule has 6 unspecified atom stereocenters. The molecule has 0 aromatic heterocycles. The quantitative estimate of drug-likeness (QED) is 0.00935. The van der Waals surface area contributed by atoms with Gasteiger partial charge in [-0.1, -0.05) is 156 Å². The largest absolute Gasteiger partial charge is 0.472 e. The first-order valence-corrected chi connectivity index (χ1v) is 27.9. The zero-order chi connectivity index (χ0) is 51.9. The van der Waals surface area contributed by atoms with E-state index >= 15 is 0 Å². The van der Waals surface area contributed by atoms with Crippen LogP contribution in [0.15, 0.2) is 97.2 Å². The number of esters is 2. The lowest BCUT2D eigenvalue weighted by Gasteiger charge is -2.43. The van der Waals surface area contributed by atoms with Gasteiger partial charge in [-0.05, 0) is 77.0 Å². The summed E-state index contributed by atoms with van der Waals surface area (Å²) in [6.45, 7) is 2.75. The van der Waals surface area contributed by atoms with E-state index < -0.39 is 89.6 Å². The van der Waals surface area contributed by atoms with Crippen LogP contribution in [0, 0.1) is 0 Å². The number of unbranched alkanes of at least 4 members (excludes halogenated alkanes) is 10. The lowest BCUT2D eigenvalue weighted by molar-refractivity contribution is -0.216. The van der Waals surface area contributed by atoms with Crippen LogP contribution in [0.5, 0.6) is 0 Å². The molecule has 1 aliphatic rings. The number of phosphoric acid groups is 2. The van der Waals surface area contributed by atoms with Gasteiger partial charge in [0.2, 0.25) is 0 Å². The molecule has 8 N–H and O–H groups in total. The highest BCUT2D eigenvalue weighted by Crippen LogP contribution is 2.49. The van der Waals surface area contributed by atoms with Gasteiger partial charge in [0.05, 0.1) is 12.7 Å². The average molecular weight is 1030 g/mol. The Labute approximate surface area is 416 Å². The summed E-state index contributed by atoms with van der Waals surface area (Å²) in [5, 5.41) is 51.7. The number of aliphatic hydroxyl groups is 5. The van der Waals surface area contributed by atoms with Crippen LogP contribution >= 0.6 is 15.6 Å². The summed E-state index contributed by atoms with van der Waals surface area (Å²) in [6.07, 6.45) is 33.8. The normalized spacial score (nSPS) is 22.3. The lowest BCUT2D eigenvalue weighted by Crippen LogP contribution is -2.64. The van der Waals surface area contributed by atoms with Crippen molar-refractivity contribution in [3.05, 3.63) is 97.2 Å². The fourth-order valence-corrected chi connectivity index (χ4v) is 8.41. The van der Waals surface area contributed by atoms with E-state index in [0.717, 1.165) is 83.5 Å². The van der Waals surface area contributed by atoms with Crippen LogP contribution in [0.25, 0.3) is 0 Å². The number of aliphatic hydroxyl groups excluding tert-OH is 5. The van der Waals surface area contributed by atoms with Crippen LogP contribution < -0.4 is 0 Å². The molecule has 1 fully saturated rings. The first-order chi connectivity index (χ1) is 33.5. The van der Waals surface area contributed by atoms with Gasteiger partial charge >= 0.3 is 27.6 Å². The Hall–Kier alpha value is -3.12. The molecule has 0 radical (unpaired) electrons. The molecule has 0 amide bonds. The van der Waals surface area contributed by atoms with Gasteiger partial charge < -0.3 is 49.7 Å². The van der Waals surface area contributed by atoms with Gasteiger partial charge in [-0.25, -0.2) is 9.13 Å². The lowest BCUT2D eigenvalue weighted by atomic mass is 9.85. The summed E-state index contributed by atoms with van der Waals surface area (Å²) < 4.78 is 49.2. The minimum Gasteiger partial charge on any atom is -0.462 e. The molecular formula is C51H84O17P2. The highest BCUT2D eigenvalue weighted by atomic mass is 31.2. The van der Waals surface area contributed by atoms with E-state index in [2.05, 4.69) is 85.2 Å². The second kappa shape index (κ2) is 40.4. The van der Waals surface area contributed by atoms with Crippen LogP contribution in [-0.4, -0.2) is 114 Å². The topological polar surface area (TPSA) is 276 Å². The molecule has 0 aliphatic heterocycles. The molecule has 0 aromatic carbocycles. The van der Waals surface area contributed by atoms with Gasteiger partial charge in [0, 0.05) is 12.8 Å². The van der Waals surface area contributed by atoms with Crippen molar-refractivity contribution in [3.63, 3.8) is 0 Å². The molecule has 0 bridgehead atoms. The van der Waals surface area contributed by atoms with Crippen LogP contribution in [0.1, 0.15) is 149 Å². The molecule has 17 nitrogen and oxygen atoms in total. The second-order valence-electron chi connectivity index (χ2n) is 17.0. The number of rotatable bonds is 40. The number of carbonyl (C=O) groups is 2. The van der Waals surface area contributed by atoms with E-state index in [9.17, 15) is 58.9 Å². The van der Waals surface area contributed by atoms with Crippen molar-refractivity contribution in [1.29, 1.82) is 0 Å². The Bertz CT molecular complexity index is 1730. The van der Waals surface area contributed by atoms with E-state index in [0.29, 0.717) is 12.8 Å². The van der Waals surface area contributed by atoms with Crippen molar-refractivity contribution in [2.45, 2.75) is 198 Å². The fourth-order valence-electron chi connectivity index (χ4n) is 6.87. The number of phosphoric ester groups is 2. The molecule has 19 heteroatoms. The Morgan fingerprint density at radius 3 is 1.60 bits per heavy atom. The molecule has 1 saturated carbocycles. The van der Waals surface area contributed by atoms with Gasteiger partial charge in [-0.3, -0.25) is 23.2 Å².